The van der Waals surface area contributed by atoms with Gasteiger partial charge in [0.05, 0.1) is 0 Å². The van der Waals surface area contributed by atoms with Crippen LogP contribution in [-0.2, 0) is 0 Å². The van der Waals surface area contributed by atoms with Crippen molar-refractivity contribution in [2.75, 3.05) is 0 Å². The maximum absolute atomic E-state index is 3.84. The molecule has 0 radical (unpaired) electrons. The molecule has 78 valence electrons. The summed E-state index contributed by atoms with van der Waals surface area (Å²) in [7, 11) is 0. The van der Waals surface area contributed by atoms with Crippen LogP contribution in [-0.4, -0.2) is 0 Å². The molecule has 0 heterocycles. The molecule has 14 heavy (non-hydrogen) atoms. The number of rotatable bonds is 2. The van der Waals surface area contributed by atoms with Crippen LogP contribution in [0.5, 0.6) is 0 Å². The fraction of sp³-hybridized carbons (Fsp3) is 0.429. The van der Waals surface area contributed by atoms with Crippen LogP contribution in [0.3, 0.4) is 0 Å². The Labute approximate surface area is 88.7 Å². The second-order valence-electron chi connectivity index (χ2n) is 3.33. The quantitative estimate of drug-likeness (QED) is 0.593. The molecular weight excluding hydrogens is 168 g/mol. The maximum atomic E-state index is 3.84. The van der Waals surface area contributed by atoms with Crippen molar-refractivity contribution in [3.05, 3.63) is 48.1 Å². The van der Waals surface area contributed by atoms with Crippen molar-refractivity contribution in [1.82, 2.24) is 0 Å². The van der Waals surface area contributed by atoms with E-state index in [9.17, 15) is 0 Å². The van der Waals surface area contributed by atoms with Gasteiger partial charge < -0.3 is 0 Å². The van der Waals surface area contributed by atoms with Crippen LogP contribution in [0.2, 0.25) is 0 Å². The zero-order valence-corrected chi connectivity index (χ0v) is 9.88. The summed E-state index contributed by atoms with van der Waals surface area (Å²) in [5, 5.41) is 0. The first-order chi connectivity index (χ1) is 6.75. The van der Waals surface area contributed by atoms with E-state index in [0.29, 0.717) is 5.92 Å². The Morgan fingerprint density at radius 3 is 2.36 bits per heavy atom. The Morgan fingerprint density at radius 1 is 1.36 bits per heavy atom. The summed E-state index contributed by atoms with van der Waals surface area (Å²) in [4.78, 5) is 0. The Bertz CT molecular complexity index is 249. The Balaban J connectivity index is 0.000000791. The van der Waals surface area contributed by atoms with Gasteiger partial charge in [0.1, 0.15) is 0 Å². The molecule has 0 unspecified atom stereocenters. The van der Waals surface area contributed by atoms with E-state index < -0.39 is 0 Å². The van der Waals surface area contributed by atoms with E-state index in [1.54, 1.807) is 0 Å². The van der Waals surface area contributed by atoms with Crippen LogP contribution < -0.4 is 0 Å². The number of hydrogen-bond acceptors (Lipinski definition) is 0. The van der Waals surface area contributed by atoms with E-state index in [-0.39, 0.29) is 0 Å². The minimum atomic E-state index is 0.577. The Kier molecular flexibility index (Phi) is 6.82. The Hall–Kier alpha value is -1.04. The molecule has 0 heteroatoms. The lowest BCUT2D eigenvalue weighted by Crippen LogP contribution is -1.96. The fourth-order valence-electron chi connectivity index (χ4n) is 1.46. The highest BCUT2D eigenvalue weighted by Gasteiger charge is 2.04. The van der Waals surface area contributed by atoms with Gasteiger partial charge in [-0.25, -0.2) is 0 Å². The maximum Gasteiger partial charge on any atom is -0.00915 e. The summed E-state index contributed by atoms with van der Waals surface area (Å²) >= 11 is 0. The summed E-state index contributed by atoms with van der Waals surface area (Å²) in [6, 6.07) is 0. The van der Waals surface area contributed by atoms with Crippen molar-refractivity contribution in [2.45, 2.75) is 34.1 Å². The second kappa shape index (κ2) is 7.37. The third-order valence-electron chi connectivity index (χ3n) is 2.10. The standard InChI is InChI=1S/C12H16.C2H6/c1-4-12(10(2)3)11-8-6-5-7-9-11;1-2/h4-8,10H,1,9H2,2-3H3;1-2H3/b12-11+;. The Morgan fingerprint density at radius 2 is 2.00 bits per heavy atom. The molecule has 0 spiro atoms. The van der Waals surface area contributed by atoms with Crippen LogP contribution in [0.1, 0.15) is 34.1 Å². The van der Waals surface area contributed by atoms with Crippen molar-refractivity contribution in [3.63, 3.8) is 0 Å². The van der Waals surface area contributed by atoms with E-state index in [0.717, 1.165) is 6.42 Å². The molecule has 0 fully saturated rings. The fourth-order valence-corrected chi connectivity index (χ4v) is 1.46. The van der Waals surface area contributed by atoms with Crippen LogP contribution in [0.4, 0.5) is 0 Å². The monoisotopic (exact) mass is 190 g/mol. The molecule has 0 N–H and O–H groups in total. The van der Waals surface area contributed by atoms with Crippen molar-refractivity contribution in [3.8, 4) is 0 Å². The lowest BCUT2D eigenvalue weighted by molar-refractivity contribution is 0.780. The average molecular weight is 190 g/mol. The molecule has 1 aliphatic rings. The van der Waals surface area contributed by atoms with Gasteiger partial charge in [-0.2, -0.15) is 0 Å². The van der Waals surface area contributed by atoms with Gasteiger partial charge in [0.2, 0.25) is 0 Å². The average Bonchev–Trinajstić information content (AvgIpc) is 2.23. The van der Waals surface area contributed by atoms with Gasteiger partial charge in [-0.1, -0.05) is 64.7 Å². The van der Waals surface area contributed by atoms with Gasteiger partial charge in [0, 0.05) is 0 Å². The first-order valence-corrected chi connectivity index (χ1v) is 5.44. The smallest absolute Gasteiger partial charge is 0.00915 e. The van der Waals surface area contributed by atoms with Crippen LogP contribution >= 0.6 is 0 Å². The highest BCUT2D eigenvalue weighted by atomic mass is 14.1. The lowest BCUT2D eigenvalue weighted by Gasteiger charge is -2.12. The first-order valence-electron chi connectivity index (χ1n) is 5.44. The minimum absolute atomic E-state index is 0.577. The van der Waals surface area contributed by atoms with E-state index in [2.05, 4.69) is 44.7 Å². The van der Waals surface area contributed by atoms with Crippen LogP contribution in [0, 0.1) is 5.92 Å². The largest absolute Gasteiger partial charge is 0.0988 e. The van der Waals surface area contributed by atoms with Crippen LogP contribution in [0.25, 0.3) is 0 Å². The molecule has 0 aliphatic heterocycles. The molecule has 0 amide bonds. The molecule has 0 aromatic heterocycles. The minimum Gasteiger partial charge on any atom is -0.0988 e. The van der Waals surface area contributed by atoms with E-state index in [1.165, 1.54) is 11.1 Å². The first kappa shape index (κ1) is 13.0. The van der Waals surface area contributed by atoms with Gasteiger partial charge in [0.25, 0.3) is 0 Å². The third kappa shape index (κ3) is 3.78. The molecule has 1 aliphatic carbocycles. The second-order valence-corrected chi connectivity index (χ2v) is 3.33. The van der Waals surface area contributed by atoms with E-state index in [1.807, 2.05) is 19.9 Å². The summed E-state index contributed by atoms with van der Waals surface area (Å²) in [5.74, 6) is 0.577. The predicted octanol–water partition coefficient (Wildman–Crippen LogP) is 4.67. The third-order valence-corrected chi connectivity index (χ3v) is 2.10. The van der Waals surface area contributed by atoms with Gasteiger partial charge in [-0.3, -0.25) is 0 Å². The van der Waals surface area contributed by atoms with Crippen molar-refractivity contribution < 1.29 is 0 Å². The molecule has 1 rings (SSSR count). The zero-order chi connectivity index (χ0) is 11.0. The number of hydrogen-bond donors (Lipinski definition) is 0. The normalized spacial score (nSPS) is 17.5. The molecule has 0 aromatic rings. The zero-order valence-electron chi connectivity index (χ0n) is 9.88. The highest BCUT2D eigenvalue weighted by Crippen LogP contribution is 2.21. The molecule has 0 nitrogen and oxygen atoms in total. The molecule has 0 atom stereocenters. The van der Waals surface area contributed by atoms with Gasteiger partial charge in [0.15, 0.2) is 0 Å². The van der Waals surface area contributed by atoms with Crippen molar-refractivity contribution in [1.29, 1.82) is 0 Å². The predicted molar refractivity (Wildman–Crippen MR) is 66.3 cm³/mol. The van der Waals surface area contributed by atoms with Crippen molar-refractivity contribution >= 4 is 0 Å². The lowest BCUT2D eigenvalue weighted by atomic mass is 9.93. The van der Waals surface area contributed by atoms with Crippen LogP contribution in [0.15, 0.2) is 48.1 Å². The SMILES string of the molecule is C=C/C(=C1/C=CC=CC1)C(C)C.CC. The molecule has 0 saturated heterocycles. The van der Waals surface area contributed by atoms with Gasteiger partial charge in [-0.05, 0) is 23.5 Å². The molecular formula is C14H22. The van der Waals surface area contributed by atoms with E-state index >= 15 is 0 Å². The van der Waals surface area contributed by atoms with Gasteiger partial charge >= 0.3 is 0 Å². The molecule has 0 bridgehead atoms. The highest BCUT2D eigenvalue weighted by molar-refractivity contribution is 5.38. The molecule has 0 aromatic carbocycles. The summed E-state index contributed by atoms with van der Waals surface area (Å²) < 4.78 is 0. The van der Waals surface area contributed by atoms with Crippen molar-refractivity contribution in [2.24, 2.45) is 5.92 Å². The van der Waals surface area contributed by atoms with Gasteiger partial charge in [-0.15, -0.1) is 0 Å². The number of allylic oxidation sites excluding steroid dienone is 7. The molecule has 0 saturated carbocycles. The summed E-state index contributed by atoms with van der Waals surface area (Å²) in [5.41, 5.74) is 2.78. The topological polar surface area (TPSA) is 0 Å². The summed E-state index contributed by atoms with van der Waals surface area (Å²) in [6.45, 7) is 12.3. The summed E-state index contributed by atoms with van der Waals surface area (Å²) in [6.07, 6.45) is 11.6. The van der Waals surface area contributed by atoms with E-state index in [4.69, 9.17) is 0 Å².